The summed E-state index contributed by atoms with van der Waals surface area (Å²) < 4.78 is 5.25. The van der Waals surface area contributed by atoms with E-state index < -0.39 is 11.7 Å². The van der Waals surface area contributed by atoms with Crippen LogP contribution < -0.4 is 21.3 Å². The van der Waals surface area contributed by atoms with Gasteiger partial charge < -0.3 is 41.2 Å². The Balaban J connectivity index is 1.51. The van der Waals surface area contributed by atoms with E-state index in [1.165, 1.54) is 18.1 Å². The van der Waals surface area contributed by atoms with Gasteiger partial charge in [-0.2, -0.15) is 0 Å². The van der Waals surface area contributed by atoms with Crippen LogP contribution in [0.3, 0.4) is 0 Å². The number of aliphatic imine (C=N–C) groups is 1. The van der Waals surface area contributed by atoms with Gasteiger partial charge >= 0.3 is 6.09 Å². The number of amides is 2. The molecule has 0 spiro atoms. The molecule has 2 amide bonds. The molecule has 4 N–H and O–H groups in total. The Morgan fingerprint density at radius 3 is 2.83 bits per heavy atom. The van der Waals surface area contributed by atoms with Gasteiger partial charge in [0.05, 0.1) is 6.04 Å². The summed E-state index contributed by atoms with van der Waals surface area (Å²) in [5.74, 6) is 1.04. The number of guanidine groups is 1. The molecule has 2 aliphatic heterocycles. The lowest BCUT2D eigenvalue weighted by atomic mass is 10.0. The molecular weight excluding hydrogens is 462 g/mol. The number of anilines is 1. The van der Waals surface area contributed by atoms with Gasteiger partial charge in [-0.15, -0.1) is 0 Å². The van der Waals surface area contributed by atoms with Gasteiger partial charge in [-0.25, -0.2) is 4.79 Å². The zero-order valence-corrected chi connectivity index (χ0v) is 21.6. The number of hydrogen-bond donors (Lipinski definition) is 4. The van der Waals surface area contributed by atoms with E-state index in [1.807, 2.05) is 37.3 Å². The molecule has 3 rings (SSSR count). The molecule has 1 atom stereocenters. The molecule has 0 aromatic heterocycles. The summed E-state index contributed by atoms with van der Waals surface area (Å²) in [5, 5.41) is 25.6. The number of nitrogens with one attached hydrogen (secondary N) is 4. The Kier molecular flexibility index (Phi) is 8.81. The van der Waals surface area contributed by atoms with E-state index in [0.29, 0.717) is 25.5 Å². The molecule has 0 saturated heterocycles. The third-order valence-electron chi connectivity index (χ3n) is 5.30. The normalized spacial score (nSPS) is 18.2. The highest BCUT2D eigenvalue weighted by atomic mass is 16.6. The minimum Gasteiger partial charge on any atom is -0.758 e. The molecule has 2 aliphatic rings. The standard InChI is InChI=1S/C25H36N7O4/c1-17-8-6-9-18(14-17)28-22-19-15-32(35)13-10-20(19)29-23(30-22)27-12-7-11-26-21(33)16-31(5)24(34)36-25(2,3)4/h6,8-10,13-14,20,28H,7,11-12,15-16H2,1-5H3,(H,26,33)(H2,27,29,30)/q-1. The van der Waals surface area contributed by atoms with Crippen LogP contribution in [0.4, 0.5) is 10.5 Å². The van der Waals surface area contributed by atoms with Crippen LogP contribution in [0.5, 0.6) is 0 Å². The fourth-order valence-corrected chi connectivity index (χ4v) is 3.61. The minimum absolute atomic E-state index is 0.0845. The minimum atomic E-state index is -0.616. The summed E-state index contributed by atoms with van der Waals surface area (Å²) in [6, 6.07) is 7.83. The first kappa shape index (κ1) is 26.9. The average Bonchev–Trinajstić information content (AvgIpc) is 2.78. The number of nitrogens with zero attached hydrogens (tertiary/aromatic N) is 3. The highest BCUT2D eigenvalue weighted by Gasteiger charge is 2.26. The zero-order valence-electron chi connectivity index (χ0n) is 21.6. The van der Waals surface area contributed by atoms with Crippen molar-refractivity contribution in [2.45, 2.75) is 45.8 Å². The quantitative estimate of drug-likeness (QED) is 0.401. The van der Waals surface area contributed by atoms with Crippen molar-refractivity contribution >= 4 is 23.6 Å². The maximum absolute atomic E-state index is 12.1. The first-order chi connectivity index (χ1) is 17.0. The van der Waals surface area contributed by atoms with E-state index in [4.69, 9.17) is 4.74 Å². The van der Waals surface area contributed by atoms with Gasteiger partial charge in [0.15, 0.2) is 5.96 Å². The van der Waals surface area contributed by atoms with Gasteiger partial charge in [0.1, 0.15) is 18.0 Å². The Morgan fingerprint density at radius 1 is 1.33 bits per heavy atom. The highest BCUT2D eigenvalue weighted by molar-refractivity contribution is 5.85. The lowest BCUT2D eigenvalue weighted by molar-refractivity contribution is -0.122. The van der Waals surface area contributed by atoms with Crippen LogP contribution in [0.15, 0.2) is 52.9 Å². The van der Waals surface area contributed by atoms with Gasteiger partial charge in [0.25, 0.3) is 0 Å². The molecule has 11 nitrogen and oxygen atoms in total. The molecule has 36 heavy (non-hydrogen) atoms. The maximum Gasteiger partial charge on any atom is 0.410 e. The number of fused-ring (bicyclic) bond motifs is 1. The highest BCUT2D eigenvalue weighted by Crippen LogP contribution is 2.21. The molecule has 1 aromatic rings. The molecule has 0 radical (unpaired) electrons. The molecule has 0 bridgehead atoms. The first-order valence-corrected chi connectivity index (χ1v) is 12.0. The van der Waals surface area contributed by atoms with Crippen LogP contribution in [0.1, 0.15) is 32.8 Å². The molecule has 1 aromatic carbocycles. The van der Waals surface area contributed by atoms with Gasteiger partial charge in [-0.05, 0) is 64.1 Å². The Labute approximate surface area is 212 Å². The zero-order chi connectivity index (χ0) is 26.3. The molecule has 196 valence electrons. The van der Waals surface area contributed by atoms with Crippen molar-refractivity contribution in [1.29, 1.82) is 0 Å². The summed E-state index contributed by atoms with van der Waals surface area (Å²) in [7, 11) is 1.52. The number of rotatable bonds is 8. The number of benzene rings is 1. The van der Waals surface area contributed by atoms with Gasteiger partial charge in [0.2, 0.25) is 5.91 Å². The predicted octanol–water partition coefficient (Wildman–Crippen LogP) is 2.24. The molecule has 2 heterocycles. The predicted molar refractivity (Wildman–Crippen MR) is 140 cm³/mol. The Bertz CT molecular complexity index is 1050. The van der Waals surface area contributed by atoms with Gasteiger partial charge in [-0.1, -0.05) is 12.1 Å². The van der Waals surface area contributed by atoms with E-state index in [1.54, 1.807) is 20.8 Å². The average molecular weight is 499 g/mol. The largest absolute Gasteiger partial charge is 0.758 e. The monoisotopic (exact) mass is 498 g/mol. The lowest BCUT2D eigenvalue weighted by Gasteiger charge is -2.39. The smallest absolute Gasteiger partial charge is 0.410 e. The number of likely N-dealkylation sites (N-methyl/N-ethyl adjacent to an activating group) is 1. The van der Waals surface area contributed by atoms with Crippen molar-refractivity contribution in [3.63, 3.8) is 0 Å². The Morgan fingerprint density at radius 2 is 2.11 bits per heavy atom. The number of carbonyl (C=O) groups excluding carboxylic acids is 2. The SMILES string of the molecule is Cc1cccc(NC2=C3CN([O-])C=CC3NC(=NCCCNC(=O)CN(C)C(=O)OC(C)(C)C)N2)c1. The second kappa shape index (κ2) is 11.8. The fraction of sp³-hybridized carbons (Fsp3) is 0.480. The number of ether oxygens (including phenoxy) is 1. The lowest BCUT2D eigenvalue weighted by Crippen LogP contribution is -2.53. The topological polar surface area (TPSA) is 133 Å². The van der Waals surface area contributed by atoms with E-state index in [9.17, 15) is 14.8 Å². The third-order valence-corrected chi connectivity index (χ3v) is 5.30. The van der Waals surface area contributed by atoms with E-state index in [2.05, 4.69) is 26.3 Å². The third kappa shape index (κ3) is 8.19. The van der Waals surface area contributed by atoms with E-state index >= 15 is 0 Å². The van der Waals surface area contributed by atoms with Gasteiger partial charge in [0, 0.05) is 37.9 Å². The van der Waals surface area contributed by atoms with Crippen LogP contribution in [-0.4, -0.2) is 72.8 Å². The van der Waals surface area contributed by atoms with Crippen molar-refractivity contribution in [3.05, 3.63) is 58.7 Å². The Hall–Kier alpha value is -3.73. The second-order valence-electron chi connectivity index (χ2n) is 9.83. The van der Waals surface area contributed by atoms with Crippen molar-refractivity contribution in [2.75, 3.05) is 38.5 Å². The van der Waals surface area contributed by atoms with Crippen LogP contribution in [0, 0.1) is 12.1 Å². The summed E-state index contributed by atoms with van der Waals surface area (Å²) in [4.78, 5) is 29.9. The molecule has 0 saturated carbocycles. The molecular formula is C25H36N7O4-. The van der Waals surface area contributed by atoms with Crippen LogP contribution in [0.2, 0.25) is 0 Å². The van der Waals surface area contributed by atoms with Crippen LogP contribution >= 0.6 is 0 Å². The second-order valence-corrected chi connectivity index (χ2v) is 9.83. The number of hydroxylamine groups is 2. The van der Waals surface area contributed by atoms with Crippen molar-refractivity contribution in [3.8, 4) is 0 Å². The molecule has 0 fully saturated rings. The summed E-state index contributed by atoms with van der Waals surface area (Å²) in [5.41, 5.74) is 2.32. The van der Waals surface area contributed by atoms with Crippen molar-refractivity contribution < 1.29 is 14.3 Å². The molecule has 0 aliphatic carbocycles. The summed E-state index contributed by atoms with van der Waals surface area (Å²) in [6.45, 7) is 8.39. The first-order valence-electron chi connectivity index (χ1n) is 12.0. The van der Waals surface area contributed by atoms with Crippen molar-refractivity contribution in [1.82, 2.24) is 25.9 Å². The molecule has 11 heteroatoms. The number of hydrogen-bond acceptors (Lipinski definition) is 7. The van der Waals surface area contributed by atoms with E-state index in [0.717, 1.165) is 27.7 Å². The number of aryl methyl sites for hydroxylation is 1. The number of carbonyl (C=O) groups is 2. The fourth-order valence-electron chi connectivity index (χ4n) is 3.61. The van der Waals surface area contributed by atoms with Crippen LogP contribution in [0.25, 0.3) is 0 Å². The van der Waals surface area contributed by atoms with Crippen molar-refractivity contribution in [2.24, 2.45) is 4.99 Å². The summed E-state index contributed by atoms with van der Waals surface area (Å²) in [6.07, 6.45) is 3.39. The van der Waals surface area contributed by atoms with E-state index in [-0.39, 0.29) is 25.0 Å². The maximum atomic E-state index is 12.1. The summed E-state index contributed by atoms with van der Waals surface area (Å²) >= 11 is 0. The van der Waals surface area contributed by atoms with Crippen LogP contribution in [-0.2, 0) is 9.53 Å². The van der Waals surface area contributed by atoms with Gasteiger partial charge in [-0.3, -0.25) is 9.79 Å². The molecule has 1 unspecified atom stereocenters.